The summed E-state index contributed by atoms with van der Waals surface area (Å²) in [6.45, 7) is 5.60. The first kappa shape index (κ1) is 10.9. The Balaban J connectivity index is 1.99. The van der Waals surface area contributed by atoms with Crippen LogP contribution in [0.1, 0.15) is 39.5 Å². The van der Waals surface area contributed by atoms with Gasteiger partial charge in [-0.1, -0.05) is 6.92 Å². The van der Waals surface area contributed by atoms with Crippen molar-refractivity contribution in [2.45, 2.75) is 51.6 Å². The molecule has 0 aromatic rings. The van der Waals surface area contributed by atoms with Crippen molar-refractivity contribution in [3.63, 3.8) is 0 Å². The minimum atomic E-state index is -0.600. The van der Waals surface area contributed by atoms with Gasteiger partial charge in [-0.15, -0.1) is 0 Å². The molecule has 1 aliphatic carbocycles. The summed E-state index contributed by atoms with van der Waals surface area (Å²) in [5.74, 6) is 0.0330. The minimum absolute atomic E-state index is 0.0993. The number of rotatable bonds is 2. The van der Waals surface area contributed by atoms with E-state index >= 15 is 0 Å². The molecule has 4 atom stereocenters. The van der Waals surface area contributed by atoms with E-state index in [0.717, 1.165) is 25.3 Å². The van der Waals surface area contributed by atoms with Crippen LogP contribution in [-0.4, -0.2) is 34.6 Å². The highest BCUT2D eigenvalue weighted by Crippen LogP contribution is 2.36. The fourth-order valence-electron chi connectivity index (χ4n) is 2.95. The van der Waals surface area contributed by atoms with E-state index in [1.807, 2.05) is 0 Å². The monoisotopic (exact) mass is 211 g/mol. The molecule has 4 unspecified atom stereocenters. The quantitative estimate of drug-likeness (QED) is 0.759. The predicted molar refractivity (Wildman–Crippen MR) is 58.7 cm³/mol. The summed E-state index contributed by atoms with van der Waals surface area (Å²) in [5, 5.41) is 9.06. The lowest BCUT2D eigenvalue weighted by Crippen LogP contribution is -2.56. The number of piperidine rings is 1. The highest BCUT2D eigenvalue weighted by atomic mass is 16.4. The molecule has 1 heterocycles. The fourth-order valence-corrected chi connectivity index (χ4v) is 2.95. The van der Waals surface area contributed by atoms with Gasteiger partial charge in [0.05, 0.1) is 5.92 Å². The molecular weight excluding hydrogens is 190 g/mol. The first-order valence-electron chi connectivity index (χ1n) is 6.08. The van der Waals surface area contributed by atoms with E-state index < -0.39 is 5.97 Å². The first-order valence-corrected chi connectivity index (χ1v) is 6.08. The van der Waals surface area contributed by atoms with Crippen LogP contribution in [-0.2, 0) is 4.79 Å². The van der Waals surface area contributed by atoms with Gasteiger partial charge in [-0.2, -0.15) is 0 Å². The summed E-state index contributed by atoms with van der Waals surface area (Å²) in [6, 6.07) is 0.897. The molecule has 0 aromatic carbocycles. The number of carboxylic acids is 1. The average Bonchev–Trinajstić information content (AvgIpc) is 2.08. The Morgan fingerprint density at radius 3 is 2.47 bits per heavy atom. The summed E-state index contributed by atoms with van der Waals surface area (Å²) in [6.07, 6.45) is 4.47. The van der Waals surface area contributed by atoms with Crippen LogP contribution in [0.2, 0.25) is 0 Å². The van der Waals surface area contributed by atoms with Gasteiger partial charge in [0.2, 0.25) is 0 Å². The molecular formula is C12H21NO2. The molecule has 1 aliphatic heterocycles. The second kappa shape index (κ2) is 4.12. The Morgan fingerprint density at radius 1 is 1.20 bits per heavy atom. The van der Waals surface area contributed by atoms with Crippen molar-refractivity contribution in [2.75, 3.05) is 6.54 Å². The minimum Gasteiger partial charge on any atom is -0.481 e. The van der Waals surface area contributed by atoms with E-state index in [4.69, 9.17) is 5.11 Å². The SMILES string of the molecule is CC1CCC(C)N(C2CCC2C(=O)O)C1. The van der Waals surface area contributed by atoms with E-state index in [-0.39, 0.29) is 5.92 Å². The number of hydrogen-bond donors (Lipinski definition) is 1. The molecule has 1 N–H and O–H groups in total. The van der Waals surface area contributed by atoms with Gasteiger partial charge in [0.25, 0.3) is 0 Å². The van der Waals surface area contributed by atoms with Crippen molar-refractivity contribution >= 4 is 5.97 Å². The van der Waals surface area contributed by atoms with Gasteiger partial charge in [0, 0.05) is 18.6 Å². The molecule has 2 fully saturated rings. The van der Waals surface area contributed by atoms with Crippen molar-refractivity contribution in [1.82, 2.24) is 4.90 Å². The molecule has 0 radical (unpaired) electrons. The maximum absolute atomic E-state index is 11.0. The lowest BCUT2D eigenvalue weighted by molar-refractivity contribution is -0.150. The van der Waals surface area contributed by atoms with Crippen LogP contribution < -0.4 is 0 Å². The van der Waals surface area contributed by atoms with Crippen molar-refractivity contribution in [1.29, 1.82) is 0 Å². The molecule has 15 heavy (non-hydrogen) atoms. The standard InChI is InChI=1S/C12H21NO2/c1-8-3-4-9(2)13(7-8)11-6-5-10(11)12(14)15/h8-11H,3-7H2,1-2H3,(H,14,15). The molecule has 86 valence electrons. The number of hydrogen-bond acceptors (Lipinski definition) is 2. The van der Waals surface area contributed by atoms with Gasteiger partial charge in [0.15, 0.2) is 0 Å². The summed E-state index contributed by atoms with van der Waals surface area (Å²) >= 11 is 0. The molecule has 1 saturated carbocycles. The highest BCUT2D eigenvalue weighted by molar-refractivity contribution is 5.72. The topological polar surface area (TPSA) is 40.5 Å². The van der Waals surface area contributed by atoms with E-state index in [0.29, 0.717) is 12.1 Å². The zero-order valence-corrected chi connectivity index (χ0v) is 9.65. The Morgan fingerprint density at radius 2 is 1.93 bits per heavy atom. The molecule has 3 nitrogen and oxygen atoms in total. The molecule has 0 amide bonds. The predicted octanol–water partition coefficient (Wildman–Crippen LogP) is 1.97. The van der Waals surface area contributed by atoms with Crippen LogP contribution in [0.3, 0.4) is 0 Å². The smallest absolute Gasteiger partial charge is 0.308 e. The van der Waals surface area contributed by atoms with Crippen LogP contribution in [0, 0.1) is 11.8 Å². The van der Waals surface area contributed by atoms with Crippen LogP contribution >= 0.6 is 0 Å². The van der Waals surface area contributed by atoms with E-state index in [1.165, 1.54) is 12.8 Å². The van der Waals surface area contributed by atoms with Crippen molar-refractivity contribution in [3.05, 3.63) is 0 Å². The van der Waals surface area contributed by atoms with Crippen LogP contribution in [0.4, 0.5) is 0 Å². The Kier molecular flexibility index (Phi) is 3.01. The highest BCUT2D eigenvalue weighted by Gasteiger charge is 2.42. The molecule has 2 rings (SSSR count). The van der Waals surface area contributed by atoms with Gasteiger partial charge in [0.1, 0.15) is 0 Å². The van der Waals surface area contributed by atoms with Crippen molar-refractivity contribution in [3.8, 4) is 0 Å². The second-order valence-electron chi connectivity index (χ2n) is 5.32. The zero-order chi connectivity index (χ0) is 11.0. The third kappa shape index (κ3) is 2.03. The molecule has 2 aliphatic rings. The molecule has 0 bridgehead atoms. The molecule has 0 aromatic heterocycles. The normalized spacial score (nSPS) is 42.3. The Bertz CT molecular complexity index is 254. The third-order valence-corrected chi connectivity index (χ3v) is 4.15. The zero-order valence-electron chi connectivity index (χ0n) is 9.65. The lowest BCUT2D eigenvalue weighted by Gasteiger charge is -2.48. The Labute approximate surface area is 91.5 Å². The largest absolute Gasteiger partial charge is 0.481 e. The summed E-state index contributed by atoms with van der Waals surface area (Å²) in [7, 11) is 0. The Hall–Kier alpha value is -0.570. The van der Waals surface area contributed by atoms with Crippen LogP contribution in [0.25, 0.3) is 0 Å². The fraction of sp³-hybridized carbons (Fsp3) is 0.917. The van der Waals surface area contributed by atoms with Gasteiger partial charge in [-0.05, 0) is 38.5 Å². The van der Waals surface area contributed by atoms with Gasteiger partial charge in [-0.25, -0.2) is 0 Å². The number of nitrogens with zero attached hydrogens (tertiary/aromatic N) is 1. The molecule has 3 heteroatoms. The number of likely N-dealkylation sites (tertiary alicyclic amines) is 1. The third-order valence-electron chi connectivity index (χ3n) is 4.15. The number of aliphatic carboxylic acids is 1. The van der Waals surface area contributed by atoms with Crippen LogP contribution in [0.5, 0.6) is 0 Å². The first-order chi connectivity index (χ1) is 7.09. The number of carbonyl (C=O) groups is 1. The van der Waals surface area contributed by atoms with Crippen molar-refractivity contribution < 1.29 is 9.90 Å². The van der Waals surface area contributed by atoms with Gasteiger partial charge >= 0.3 is 5.97 Å². The maximum atomic E-state index is 11.0. The van der Waals surface area contributed by atoms with E-state index in [9.17, 15) is 4.79 Å². The number of carboxylic acid groups (broad SMARTS) is 1. The van der Waals surface area contributed by atoms with Gasteiger partial charge < -0.3 is 5.11 Å². The summed E-state index contributed by atoms with van der Waals surface area (Å²) in [5.41, 5.74) is 0. The maximum Gasteiger partial charge on any atom is 0.308 e. The van der Waals surface area contributed by atoms with Crippen molar-refractivity contribution in [2.24, 2.45) is 11.8 Å². The lowest BCUT2D eigenvalue weighted by atomic mass is 9.76. The van der Waals surface area contributed by atoms with E-state index in [1.54, 1.807) is 0 Å². The summed E-state index contributed by atoms with van der Waals surface area (Å²) < 4.78 is 0. The van der Waals surface area contributed by atoms with E-state index in [2.05, 4.69) is 18.7 Å². The van der Waals surface area contributed by atoms with Crippen LogP contribution in [0.15, 0.2) is 0 Å². The second-order valence-corrected chi connectivity index (χ2v) is 5.32. The molecule has 1 saturated heterocycles. The molecule has 0 spiro atoms. The van der Waals surface area contributed by atoms with Gasteiger partial charge in [-0.3, -0.25) is 9.69 Å². The average molecular weight is 211 g/mol. The summed E-state index contributed by atoms with van der Waals surface area (Å²) in [4.78, 5) is 13.4.